The fourth-order valence-corrected chi connectivity index (χ4v) is 2.19. The molecule has 0 radical (unpaired) electrons. The van der Waals surface area contributed by atoms with Crippen molar-refractivity contribution in [3.05, 3.63) is 46.2 Å². The average molecular weight is 313 g/mol. The number of rotatable bonds is 5. The van der Waals surface area contributed by atoms with Crippen LogP contribution >= 0.6 is 23.2 Å². The first-order valence-electron chi connectivity index (χ1n) is 6.00. The van der Waals surface area contributed by atoms with E-state index in [-0.39, 0.29) is 12.5 Å². The van der Waals surface area contributed by atoms with Gasteiger partial charge < -0.3 is 10.6 Å². The zero-order valence-corrected chi connectivity index (χ0v) is 12.4. The average Bonchev–Trinajstić information content (AvgIpc) is 2.85. The molecular weight excluding hydrogens is 299 g/mol. The smallest absolute Gasteiger partial charge is 0.241 e. The number of nitrogens with zero attached hydrogens (tertiary/aromatic N) is 2. The summed E-state index contributed by atoms with van der Waals surface area (Å²) in [6.07, 6.45) is 3.40. The molecule has 0 fully saturated rings. The minimum atomic E-state index is -0.103. The van der Waals surface area contributed by atoms with Crippen molar-refractivity contribution in [2.75, 3.05) is 12.4 Å². The summed E-state index contributed by atoms with van der Waals surface area (Å²) >= 11 is 12.2. The maximum Gasteiger partial charge on any atom is 0.241 e. The van der Waals surface area contributed by atoms with E-state index in [0.29, 0.717) is 16.6 Å². The molecule has 0 aliphatic carbocycles. The van der Waals surface area contributed by atoms with Crippen molar-refractivity contribution in [3.63, 3.8) is 0 Å². The summed E-state index contributed by atoms with van der Waals surface area (Å²) in [6.45, 7) is 0.676. The van der Waals surface area contributed by atoms with E-state index >= 15 is 0 Å². The zero-order chi connectivity index (χ0) is 14.5. The fraction of sp³-hybridized carbons (Fsp3) is 0.231. The summed E-state index contributed by atoms with van der Waals surface area (Å²) in [5.74, 6) is -0.103. The van der Waals surface area contributed by atoms with Crippen LogP contribution in [-0.4, -0.2) is 22.7 Å². The molecule has 0 bridgehead atoms. The number of amides is 1. The van der Waals surface area contributed by atoms with E-state index in [4.69, 9.17) is 23.2 Å². The molecule has 0 saturated heterocycles. The highest BCUT2D eigenvalue weighted by atomic mass is 35.5. The lowest BCUT2D eigenvalue weighted by atomic mass is 10.2. The summed E-state index contributed by atoms with van der Waals surface area (Å²) in [7, 11) is 1.59. The topological polar surface area (TPSA) is 59.0 Å². The third kappa shape index (κ3) is 3.65. The Morgan fingerprint density at radius 2 is 2.05 bits per heavy atom. The van der Waals surface area contributed by atoms with Gasteiger partial charge in [0.05, 0.1) is 11.9 Å². The SMILES string of the molecule is CNC(=O)Cn1cc(NCc2c(Cl)cccc2Cl)cn1. The number of benzene rings is 1. The number of aromatic nitrogens is 2. The number of hydrogen-bond donors (Lipinski definition) is 2. The van der Waals surface area contributed by atoms with Crippen molar-refractivity contribution >= 4 is 34.8 Å². The molecule has 2 aromatic rings. The number of hydrogen-bond acceptors (Lipinski definition) is 3. The molecule has 106 valence electrons. The molecule has 1 heterocycles. The Morgan fingerprint density at radius 3 is 2.70 bits per heavy atom. The highest BCUT2D eigenvalue weighted by molar-refractivity contribution is 6.36. The van der Waals surface area contributed by atoms with Crippen LogP contribution in [0.3, 0.4) is 0 Å². The van der Waals surface area contributed by atoms with Gasteiger partial charge in [-0.1, -0.05) is 29.3 Å². The molecule has 0 unspecified atom stereocenters. The number of likely N-dealkylation sites (N-methyl/N-ethyl adjacent to an activating group) is 1. The monoisotopic (exact) mass is 312 g/mol. The van der Waals surface area contributed by atoms with Crippen LogP contribution in [0.25, 0.3) is 0 Å². The Kier molecular flexibility index (Phi) is 4.87. The molecule has 1 aromatic heterocycles. The Bertz CT molecular complexity index is 592. The van der Waals surface area contributed by atoms with Crippen LogP contribution in [0.4, 0.5) is 5.69 Å². The second kappa shape index (κ2) is 6.63. The second-order valence-electron chi connectivity index (χ2n) is 4.15. The maximum atomic E-state index is 11.2. The van der Waals surface area contributed by atoms with E-state index < -0.39 is 0 Å². The van der Waals surface area contributed by atoms with Crippen LogP contribution in [-0.2, 0) is 17.9 Å². The van der Waals surface area contributed by atoms with Gasteiger partial charge in [-0.05, 0) is 12.1 Å². The summed E-state index contributed by atoms with van der Waals surface area (Å²) in [5, 5.41) is 11.0. The molecule has 7 heteroatoms. The largest absolute Gasteiger partial charge is 0.378 e. The molecule has 20 heavy (non-hydrogen) atoms. The lowest BCUT2D eigenvalue weighted by molar-refractivity contribution is -0.121. The molecular formula is C13H14Cl2N4O. The summed E-state index contributed by atoms with van der Waals surface area (Å²) in [5.41, 5.74) is 1.62. The summed E-state index contributed by atoms with van der Waals surface area (Å²) in [4.78, 5) is 11.2. The van der Waals surface area contributed by atoms with Gasteiger partial charge in [-0.2, -0.15) is 5.10 Å². The van der Waals surface area contributed by atoms with Crippen molar-refractivity contribution in [2.24, 2.45) is 0 Å². The van der Waals surface area contributed by atoms with Crippen LogP contribution in [0.15, 0.2) is 30.6 Å². The zero-order valence-electron chi connectivity index (χ0n) is 10.9. The number of nitrogens with one attached hydrogen (secondary N) is 2. The number of anilines is 1. The van der Waals surface area contributed by atoms with E-state index in [9.17, 15) is 4.79 Å². The van der Waals surface area contributed by atoms with Gasteiger partial charge >= 0.3 is 0 Å². The minimum Gasteiger partial charge on any atom is -0.378 e. The van der Waals surface area contributed by atoms with Gasteiger partial charge in [-0.25, -0.2) is 0 Å². The van der Waals surface area contributed by atoms with Gasteiger partial charge in [-0.3, -0.25) is 9.48 Å². The first kappa shape index (κ1) is 14.7. The third-order valence-electron chi connectivity index (χ3n) is 2.75. The Morgan fingerprint density at radius 1 is 1.35 bits per heavy atom. The predicted octanol–water partition coefficient (Wildman–Crippen LogP) is 2.55. The molecule has 0 aliphatic heterocycles. The van der Waals surface area contributed by atoms with Crippen molar-refractivity contribution < 1.29 is 4.79 Å². The number of halogens is 2. The number of carbonyl (C=O) groups is 1. The lowest BCUT2D eigenvalue weighted by Crippen LogP contribution is -2.23. The van der Waals surface area contributed by atoms with Crippen molar-refractivity contribution in [1.82, 2.24) is 15.1 Å². The van der Waals surface area contributed by atoms with Crippen LogP contribution in [0.2, 0.25) is 10.0 Å². The molecule has 0 aliphatic rings. The van der Waals surface area contributed by atoms with Gasteiger partial charge in [0.1, 0.15) is 6.54 Å². The predicted molar refractivity (Wildman–Crippen MR) is 80.1 cm³/mol. The van der Waals surface area contributed by atoms with Crippen LogP contribution < -0.4 is 10.6 Å². The Hall–Kier alpha value is -1.72. The molecule has 2 N–H and O–H groups in total. The molecule has 5 nitrogen and oxygen atoms in total. The summed E-state index contributed by atoms with van der Waals surface area (Å²) in [6, 6.07) is 5.38. The quantitative estimate of drug-likeness (QED) is 0.892. The van der Waals surface area contributed by atoms with E-state index in [1.165, 1.54) is 0 Å². The van der Waals surface area contributed by atoms with Crippen LogP contribution in [0, 0.1) is 0 Å². The van der Waals surface area contributed by atoms with Crippen LogP contribution in [0.1, 0.15) is 5.56 Å². The van der Waals surface area contributed by atoms with Crippen LogP contribution in [0.5, 0.6) is 0 Å². The molecule has 0 atom stereocenters. The van der Waals surface area contributed by atoms with Gasteiger partial charge in [0.25, 0.3) is 0 Å². The van der Waals surface area contributed by atoms with Gasteiger partial charge in [0.15, 0.2) is 0 Å². The van der Waals surface area contributed by atoms with E-state index in [0.717, 1.165) is 11.3 Å². The minimum absolute atomic E-state index is 0.103. The molecule has 0 saturated carbocycles. The first-order valence-corrected chi connectivity index (χ1v) is 6.75. The maximum absolute atomic E-state index is 11.2. The fourth-order valence-electron chi connectivity index (χ4n) is 1.66. The second-order valence-corrected chi connectivity index (χ2v) is 4.97. The van der Waals surface area contributed by atoms with Crippen molar-refractivity contribution in [1.29, 1.82) is 0 Å². The van der Waals surface area contributed by atoms with Crippen molar-refractivity contribution in [3.8, 4) is 0 Å². The highest BCUT2D eigenvalue weighted by Gasteiger charge is 2.06. The molecule has 1 aromatic carbocycles. The molecule has 0 spiro atoms. The van der Waals surface area contributed by atoms with Gasteiger partial charge in [0.2, 0.25) is 5.91 Å². The lowest BCUT2D eigenvalue weighted by Gasteiger charge is -2.07. The standard InChI is InChI=1S/C13H14Cl2N4O/c1-16-13(20)8-19-7-9(5-18-19)17-6-10-11(14)3-2-4-12(10)15/h2-5,7,17H,6,8H2,1H3,(H,16,20). The number of carbonyl (C=O) groups excluding carboxylic acids is 1. The van der Waals surface area contributed by atoms with Gasteiger partial charge in [-0.15, -0.1) is 0 Å². The van der Waals surface area contributed by atoms with E-state index in [1.54, 1.807) is 42.3 Å². The molecule has 1 amide bonds. The third-order valence-corrected chi connectivity index (χ3v) is 3.46. The Balaban J connectivity index is 1.99. The van der Waals surface area contributed by atoms with Gasteiger partial charge in [0, 0.05) is 35.4 Å². The highest BCUT2D eigenvalue weighted by Crippen LogP contribution is 2.25. The van der Waals surface area contributed by atoms with E-state index in [2.05, 4.69) is 15.7 Å². The normalized spacial score (nSPS) is 10.3. The first-order chi connectivity index (χ1) is 9.60. The van der Waals surface area contributed by atoms with E-state index in [1.807, 2.05) is 0 Å². The van der Waals surface area contributed by atoms with Crippen molar-refractivity contribution in [2.45, 2.75) is 13.1 Å². The summed E-state index contributed by atoms with van der Waals surface area (Å²) < 4.78 is 1.55. The molecule has 2 rings (SSSR count). The Labute approximate surface area is 126 Å².